The monoisotopic (exact) mass is 423 g/mol. The number of hydrogen-bond donors (Lipinski definition) is 0. The van der Waals surface area contributed by atoms with Gasteiger partial charge in [-0.15, -0.1) is 0 Å². The molecule has 1 aromatic carbocycles. The lowest BCUT2D eigenvalue weighted by Crippen LogP contribution is -2.48. The van der Waals surface area contributed by atoms with Gasteiger partial charge in [-0.1, -0.05) is 6.07 Å². The topological polar surface area (TPSA) is 70.2 Å². The summed E-state index contributed by atoms with van der Waals surface area (Å²) in [6.07, 6.45) is 2.77. The lowest BCUT2D eigenvalue weighted by Gasteiger charge is -2.37. The molecule has 0 aromatic heterocycles. The van der Waals surface area contributed by atoms with Crippen LogP contribution in [0.2, 0.25) is 0 Å². The maximum absolute atomic E-state index is 13.2. The molecule has 7 nitrogen and oxygen atoms in total. The Morgan fingerprint density at radius 3 is 2.52 bits per heavy atom. The number of ether oxygens (including phenoxy) is 1. The predicted octanol–water partition coefficient (Wildman–Crippen LogP) is 2.04. The number of carbonyl (C=O) groups excluding carboxylic acids is 1. The molecular weight excluding hydrogens is 390 g/mol. The van der Waals surface area contributed by atoms with Gasteiger partial charge >= 0.3 is 0 Å². The average Bonchev–Trinajstić information content (AvgIpc) is 2.67. The number of amides is 1. The molecule has 1 aromatic rings. The van der Waals surface area contributed by atoms with Crippen molar-refractivity contribution in [2.24, 2.45) is 0 Å². The summed E-state index contributed by atoms with van der Waals surface area (Å²) in [6, 6.07) is 6.65. The molecule has 2 heterocycles. The number of nitrogens with zero attached hydrogens (tertiary/aromatic N) is 3. The van der Waals surface area contributed by atoms with E-state index in [4.69, 9.17) is 4.74 Å². The summed E-state index contributed by atoms with van der Waals surface area (Å²) in [5, 5.41) is 0. The van der Waals surface area contributed by atoms with Crippen LogP contribution in [0.3, 0.4) is 0 Å². The first-order chi connectivity index (χ1) is 13.7. The molecule has 1 amide bonds. The van der Waals surface area contributed by atoms with Crippen molar-refractivity contribution in [2.45, 2.75) is 56.3 Å². The van der Waals surface area contributed by atoms with E-state index in [9.17, 15) is 13.2 Å². The molecule has 3 unspecified atom stereocenters. The van der Waals surface area contributed by atoms with E-state index in [1.165, 1.54) is 10.4 Å². The minimum Gasteiger partial charge on any atom is -0.373 e. The van der Waals surface area contributed by atoms with Crippen molar-refractivity contribution in [1.29, 1.82) is 0 Å². The summed E-state index contributed by atoms with van der Waals surface area (Å²) in [6.45, 7) is 5.92. The molecule has 162 valence electrons. The fraction of sp³-hybridized carbons (Fsp3) is 0.667. The maximum atomic E-state index is 13.2. The number of hydrogen-bond acceptors (Lipinski definition) is 5. The van der Waals surface area contributed by atoms with Crippen molar-refractivity contribution in [1.82, 2.24) is 14.1 Å². The van der Waals surface area contributed by atoms with Crippen LogP contribution in [0.4, 0.5) is 0 Å². The van der Waals surface area contributed by atoms with E-state index in [0.29, 0.717) is 25.2 Å². The fourth-order valence-electron chi connectivity index (χ4n) is 4.31. The summed E-state index contributed by atoms with van der Waals surface area (Å²) >= 11 is 0. The number of benzene rings is 1. The minimum atomic E-state index is -3.67. The molecule has 0 aliphatic carbocycles. The van der Waals surface area contributed by atoms with Gasteiger partial charge in [0.25, 0.3) is 5.91 Å². The lowest BCUT2D eigenvalue weighted by atomic mass is 10.0. The fourth-order valence-corrected chi connectivity index (χ4v) is 5.95. The first kappa shape index (κ1) is 22.2. The van der Waals surface area contributed by atoms with Crippen molar-refractivity contribution in [2.75, 3.05) is 40.3 Å². The van der Waals surface area contributed by atoms with Crippen molar-refractivity contribution in [3.8, 4) is 0 Å². The molecule has 2 fully saturated rings. The summed E-state index contributed by atoms with van der Waals surface area (Å²) in [4.78, 5) is 17.4. The predicted molar refractivity (Wildman–Crippen MR) is 112 cm³/mol. The Morgan fingerprint density at radius 1 is 1.17 bits per heavy atom. The Labute approximate surface area is 174 Å². The van der Waals surface area contributed by atoms with Crippen LogP contribution >= 0.6 is 0 Å². The standard InChI is InChI=1S/C21H33N3O4S/c1-16-13-23(14-17(2)28-16)29(26,27)20-10-7-8-18(12-20)21(25)24-11-6-5-9-19(24)15-22(3)4/h7-8,10,12,16-17,19H,5-6,9,11,13-15H2,1-4H3. The van der Waals surface area contributed by atoms with Gasteiger partial charge in [-0.05, 0) is 65.4 Å². The zero-order valence-electron chi connectivity index (χ0n) is 17.9. The van der Waals surface area contributed by atoms with Gasteiger partial charge in [0.2, 0.25) is 10.0 Å². The van der Waals surface area contributed by atoms with Crippen molar-refractivity contribution >= 4 is 15.9 Å². The molecule has 2 aliphatic heterocycles. The van der Waals surface area contributed by atoms with Crippen LogP contribution < -0.4 is 0 Å². The van der Waals surface area contributed by atoms with Crippen molar-refractivity contribution in [3.63, 3.8) is 0 Å². The zero-order valence-corrected chi connectivity index (χ0v) is 18.7. The number of piperidine rings is 1. The van der Waals surface area contributed by atoms with E-state index >= 15 is 0 Å². The Balaban J connectivity index is 1.84. The van der Waals surface area contributed by atoms with Crippen LogP contribution in [-0.2, 0) is 14.8 Å². The van der Waals surface area contributed by atoms with E-state index in [0.717, 1.165) is 25.8 Å². The summed E-state index contributed by atoms with van der Waals surface area (Å²) in [5.41, 5.74) is 0.436. The Hall–Kier alpha value is -1.48. The normalized spacial score (nSPS) is 26.7. The van der Waals surface area contributed by atoms with Crippen LogP contribution in [-0.4, -0.2) is 87.0 Å². The molecule has 0 radical (unpaired) electrons. The summed E-state index contributed by atoms with van der Waals surface area (Å²) < 4.78 is 33.5. The molecular formula is C21H33N3O4S. The number of sulfonamides is 1. The van der Waals surface area contributed by atoms with Crippen molar-refractivity contribution < 1.29 is 17.9 Å². The Bertz CT molecular complexity index is 817. The quantitative estimate of drug-likeness (QED) is 0.725. The van der Waals surface area contributed by atoms with Crippen LogP contribution in [0.5, 0.6) is 0 Å². The van der Waals surface area contributed by atoms with Gasteiger partial charge in [-0.3, -0.25) is 4.79 Å². The van der Waals surface area contributed by atoms with Crippen molar-refractivity contribution in [3.05, 3.63) is 29.8 Å². The molecule has 2 saturated heterocycles. The number of rotatable bonds is 5. The Kier molecular flexibility index (Phi) is 6.98. The Morgan fingerprint density at radius 2 is 1.86 bits per heavy atom. The largest absolute Gasteiger partial charge is 0.373 e. The number of likely N-dealkylation sites (tertiary alicyclic amines) is 1. The zero-order chi connectivity index (χ0) is 21.2. The third kappa shape index (κ3) is 5.17. The second-order valence-corrected chi connectivity index (χ2v) is 10.5. The number of morpholine rings is 1. The van der Waals surface area contributed by atoms with Crippen LogP contribution in [0.15, 0.2) is 29.2 Å². The molecule has 0 bridgehead atoms. The second-order valence-electron chi connectivity index (χ2n) is 8.52. The van der Waals surface area contributed by atoms with Gasteiger partial charge < -0.3 is 14.5 Å². The highest BCUT2D eigenvalue weighted by Gasteiger charge is 2.33. The van der Waals surface area contributed by atoms with Gasteiger partial charge in [-0.25, -0.2) is 8.42 Å². The minimum absolute atomic E-state index is 0.0858. The average molecular weight is 424 g/mol. The molecule has 0 N–H and O–H groups in total. The van der Waals surface area contributed by atoms with Crippen LogP contribution in [0, 0.1) is 0 Å². The van der Waals surface area contributed by atoms with Crippen LogP contribution in [0.1, 0.15) is 43.5 Å². The van der Waals surface area contributed by atoms with Gasteiger partial charge in [-0.2, -0.15) is 4.31 Å². The molecule has 29 heavy (non-hydrogen) atoms. The second kappa shape index (κ2) is 9.12. The summed E-state index contributed by atoms with van der Waals surface area (Å²) in [7, 11) is 0.345. The highest BCUT2D eigenvalue weighted by molar-refractivity contribution is 7.89. The third-order valence-corrected chi connectivity index (χ3v) is 7.40. The number of carbonyl (C=O) groups is 1. The molecule has 0 spiro atoms. The highest BCUT2D eigenvalue weighted by atomic mass is 32.2. The molecule has 2 aliphatic rings. The van der Waals surface area contributed by atoms with E-state index in [1.807, 2.05) is 32.8 Å². The third-order valence-electron chi connectivity index (χ3n) is 5.57. The molecule has 0 saturated carbocycles. The van der Waals surface area contributed by atoms with E-state index in [2.05, 4.69) is 4.90 Å². The van der Waals surface area contributed by atoms with Gasteiger partial charge in [0, 0.05) is 37.8 Å². The van der Waals surface area contributed by atoms with E-state index in [-0.39, 0.29) is 29.1 Å². The first-order valence-corrected chi connectivity index (χ1v) is 11.8. The smallest absolute Gasteiger partial charge is 0.254 e. The molecule has 3 atom stereocenters. The van der Waals surface area contributed by atoms with Gasteiger partial charge in [0.05, 0.1) is 17.1 Å². The van der Waals surface area contributed by atoms with E-state index in [1.54, 1.807) is 18.2 Å². The van der Waals surface area contributed by atoms with Gasteiger partial charge in [0.1, 0.15) is 0 Å². The van der Waals surface area contributed by atoms with Gasteiger partial charge in [0.15, 0.2) is 0 Å². The number of likely N-dealkylation sites (N-methyl/N-ethyl adjacent to an activating group) is 1. The molecule has 3 rings (SSSR count). The maximum Gasteiger partial charge on any atom is 0.254 e. The van der Waals surface area contributed by atoms with E-state index < -0.39 is 10.0 Å². The molecule has 8 heteroatoms. The van der Waals surface area contributed by atoms with Crippen LogP contribution in [0.25, 0.3) is 0 Å². The SMILES string of the molecule is CC1CN(S(=O)(=O)c2cccc(C(=O)N3CCCCC3CN(C)C)c2)CC(C)O1. The lowest BCUT2D eigenvalue weighted by molar-refractivity contribution is -0.0440. The first-order valence-electron chi connectivity index (χ1n) is 10.4. The summed E-state index contributed by atoms with van der Waals surface area (Å²) in [5.74, 6) is -0.0858. The highest BCUT2D eigenvalue weighted by Crippen LogP contribution is 2.24.